The minimum Gasteiger partial charge on any atom is -0.276 e. The van der Waals surface area contributed by atoms with Crippen molar-refractivity contribution in [3.63, 3.8) is 0 Å². The zero-order chi connectivity index (χ0) is 14.9. The summed E-state index contributed by atoms with van der Waals surface area (Å²) in [5.41, 5.74) is -1.39. The van der Waals surface area contributed by atoms with Gasteiger partial charge in [-0.1, -0.05) is 18.2 Å². The van der Waals surface area contributed by atoms with Crippen LogP contribution in [0.25, 0.3) is 11.1 Å². The van der Waals surface area contributed by atoms with Crippen LogP contribution in [0.3, 0.4) is 0 Å². The summed E-state index contributed by atoms with van der Waals surface area (Å²) in [7, 11) is 0. The van der Waals surface area contributed by atoms with Crippen LogP contribution < -0.4 is 0 Å². The highest BCUT2D eigenvalue weighted by Crippen LogP contribution is 2.34. The molecule has 20 heavy (non-hydrogen) atoms. The molecule has 0 aromatic heterocycles. The maximum absolute atomic E-state index is 13.8. The molecule has 0 amide bonds. The van der Waals surface area contributed by atoms with Crippen LogP contribution in [-0.2, 0) is 6.18 Å². The third kappa shape index (κ3) is 2.82. The van der Waals surface area contributed by atoms with E-state index in [1.165, 1.54) is 18.2 Å². The van der Waals surface area contributed by atoms with Crippen LogP contribution in [0.5, 0.6) is 0 Å². The normalized spacial score (nSPS) is 11.4. The Hall–Kier alpha value is -1.88. The summed E-state index contributed by atoms with van der Waals surface area (Å²) in [6, 6.07) is 7.66. The maximum Gasteiger partial charge on any atom is 0.416 e. The van der Waals surface area contributed by atoms with E-state index in [0.29, 0.717) is 0 Å². The molecule has 0 saturated carbocycles. The molecule has 0 N–H and O–H groups in total. The second-order valence-corrected chi connectivity index (χ2v) is 4.36. The summed E-state index contributed by atoms with van der Waals surface area (Å²) >= 11 is 5.33. The van der Waals surface area contributed by atoms with Crippen LogP contribution in [0.15, 0.2) is 42.5 Å². The molecular formula is C14H7ClF4O. The second-order valence-electron chi connectivity index (χ2n) is 4.01. The lowest BCUT2D eigenvalue weighted by Gasteiger charge is -2.11. The predicted octanol–water partition coefficient (Wildman–Crippen LogP) is 4.89. The molecule has 6 heteroatoms. The number of rotatable bonds is 2. The lowest BCUT2D eigenvalue weighted by molar-refractivity contribution is -0.137. The summed E-state index contributed by atoms with van der Waals surface area (Å²) in [5, 5.41) is -0.933. The summed E-state index contributed by atoms with van der Waals surface area (Å²) in [4.78, 5) is 11.3. The first-order valence-corrected chi connectivity index (χ1v) is 5.84. The zero-order valence-corrected chi connectivity index (χ0v) is 10.6. The molecule has 2 rings (SSSR count). The van der Waals surface area contributed by atoms with Crippen LogP contribution in [-0.4, -0.2) is 5.24 Å². The van der Waals surface area contributed by atoms with E-state index in [0.717, 1.165) is 24.3 Å². The highest BCUT2D eigenvalue weighted by molar-refractivity contribution is 6.68. The summed E-state index contributed by atoms with van der Waals surface area (Å²) in [6.45, 7) is 0. The molecule has 0 spiro atoms. The number of benzene rings is 2. The Morgan fingerprint density at radius 3 is 2.30 bits per heavy atom. The van der Waals surface area contributed by atoms with Gasteiger partial charge in [-0.05, 0) is 41.4 Å². The fraction of sp³-hybridized carbons (Fsp3) is 0.0714. The molecule has 0 radical (unpaired) electrons. The molecule has 0 aliphatic rings. The van der Waals surface area contributed by atoms with Crippen LogP contribution in [0, 0.1) is 5.82 Å². The molecule has 0 heterocycles. The fourth-order valence-electron chi connectivity index (χ4n) is 1.83. The Balaban J connectivity index is 2.66. The van der Waals surface area contributed by atoms with Crippen molar-refractivity contribution in [2.24, 2.45) is 0 Å². The van der Waals surface area contributed by atoms with E-state index in [9.17, 15) is 22.4 Å². The number of halogens is 5. The first-order chi connectivity index (χ1) is 9.30. The standard InChI is InChI=1S/C14H7ClF4O/c15-13(20)10-5-2-6-11(16)12(10)8-3-1-4-9(7-8)14(17,18)19/h1-7H. The molecule has 1 nitrogen and oxygen atoms in total. The van der Waals surface area contributed by atoms with Gasteiger partial charge in [-0.25, -0.2) is 4.39 Å². The summed E-state index contributed by atoms with van der Waals surface area (Å²) in [6.07, 6.45) is -4.55. The molecule has 0 saturated heterocycles. The van der Waals surface area contributed by atoms with Gasteiger partial charge in [0, 0.05) is 11.1 Å². The van der Waals surface area contributed by atoms with Crippen molar-refractivity contribution in [3.8, 4) is 11.1 Å². The molecule has 0 aliphatic heterocycles. The quantitative estimate of drug-likeness (QED) is 0.570. The third-order valence-corrected chi connectivity index (χ3v) is 2.91. The van der Waals surface area contributed by atoms with Crippen molar-refractivity contribution in [1.29, 1.82) is 0 Å². The number of hydrogen-bond donors (Lipinski definition) is 0. The van der Waals surface area contributed by atoms with Gasteiger partial charge in [0.1, 0.15) is 5.82 Å². The van der Waals surface area contributed by atoms with Crippen molar-refractivity contribution in [2.75, 3.05) is 0 Å². The van der Waals surface area contributed by atoms with Gasteiger partial charge in [0.2, 0.25) is 0 Å². The minimum absolute atomic E-state index is 0.0538. The Bertz CT molecular complexity index is 664. The zero-order valence-electron chi connectivity index (χ0n) is 9.84. The first kappa shape index (κ1) is 14.5. The van der Waals surface area contributed by atoms with Gasteiger partial charge in [-0.3, -0.25) is 4.79 Å². The molecule has 104 valence electrons. The van der Waals surface area contributed by atoms with E-state index in [-0.39, 0.29) is 16.7 Å². The highest BCUT2D eigenvalue weighted by Gasteiger charge is 2.31. The summed E-state index contributed by atoms with van der Waals surface area (Å²) < 4.78 is 51.8. The fourth-order valence-corrected chi connectivity index (χ4v) is 1.99. The summed E-state index contributed by atoms with van der Waals surface area (Å²) in [5.74, 6) is -0.809. The van der Waals surface area contributed by atoms with Crippen LogP contribution >= 0.6 is 11.6 Å². The largest absolute Gasteiger partial charge is 0.416 e. The monoisotopic (exact) mass is 302 g/mol. The van der Waals surface area contributed by atoms with Crippen molar-refractivity contribution >= 4 is 16.8 Å². The van der Waals surface area contributed by atoms with E-state index in [2.05, 4.69) is 0 Å². The topological polar surface area (TPSA) is 17.1 Å². The molecule has 0 aliphatic carbocycles. The molecular weight excluding hydrogens is 296 g/mol. The number of carbonyl (C=O) groups is 1. The van der Waals surface area contributed by atoms with Crippen molar-refractivity contribution < 1.29 is 22.4 Å². The van der Waals surface area contributed by atoms with Gasteiger partial charge >= 0.3 is 6.18 Å². The predicted molar refractivity (Wildman–Crippen MR) is 67.0 cm³/mol. The van der Waals surface area contributed by atoms with E-state index in [1.54, 1.807) is 0 Å². The average Bonchev–Trinajstić information content (AvgIpc) is 2.37. The van der Waals surface area contributed by atoms with Crippen LogP contribution in [0.2, 0.25) is 0 Å². The lowest BCUT2D eigenvalue weighted by Crippen LogP contribution is -2.05. The van der Waals surface area contributed by atoms with Crippen molar-refractivity contribution in [1.82, 2.24) is 0 Å². The van der Waals surface area contributed by atoms with Gasteiger partial charge < -0.3 is 0 Å². The van der Waals surface area contributed by atoms with Gasteiger partial charge in [0.25, 0.3) is 5.24 Å². The van der Waals surface area contributed by atoms with E-state index in [1.807, 2.05) is 0 Å². The number of hydrogen-bond acceptors (Lipinski definition) is 1. The van der Waals surface area contributed by atoms with Gasteiger partial charge in [0.05, 0.1) is 5.56 Å². The molecule has 0 fully saturated rings. The lowest BCUT2D eigenvalue weighted by atomic mass is 9.98. The maximum atomic E-state index is 13.8. The van der Waals surface area contributed by atoms with Gasteiger partial charge in [-0.15, -0.1) is 0 Å². The number of alkyl halides is 3. The Morgan fingerprint density at radius 2 is 1.70 bits per heavy atom. The number of carbonyl (C=O) groups excluding carboxylic acids is 1. The first-order valence-electron chi connectivity index (χ1n) is 5.46. The van der Waals surface area contributed by atoms with E-state index >= 15 is 0 Å². The highest BCUT2D eigenvalue weighted by atomic mass is 35.5. The Labute approximate surface area is 116 Å². The van der Waals surface area contributed by atoms with Crippen LogP contribution in [0.1, 0.15) is 15.9 Å². The van der Waals surface area contributed by atoms with Crippen LogP contribution in [0.4, 0.5) is 17.6 Å². The molecule has 0 bridgehead atoms. The SMILES string of the molecule is O=C(Cl)c1cccc(F)c1-c1cccc(C(F)(F)F)c1. The minimum atomic E-state index is -4.55. The third-order valence-electron chi connectivity index (χ3n) is 2.70. The smallest absolute Gasteiger partial charge is 0.276 e. The molecule has 2 aromatic rings. The molecule has 0 unspecified atom stereocenters. The Morgan fingerprint density at radius 1 is 1.05 bits per heavy atom. The van der Waals surface area contributed by atoms with Crippen molar-refractivity contribution in [3.05, 3.63) is 59.4 Å². The molecule has 2 aromatic carbocycles. The Kier molecular flexibility index (Phi) is 3.81. The van der Waals surface area contributed by atoms with Crippen molar-refractivity contribution in [2.45, 2.75) is 6.18 Å². The van der Waals surface area contributed by atoms with Gasteiger partial charge in [0.15, 0.2) is 0 Å². The average molecular weight is 303 g/mol. The van der Waals surface area contributed by atoms with E-state index < -0.39 is 22.8 Å². The van der Waals surface area contributed by atoms with Gasteiger partial charge in [-0.2, -0.15) is 13.2 Å². The molecule has 0 atom stereocenters. The van der Waals surface area contributed by atoms with E-state index in [4.69, 9.17) is 11.6 Å². The second kappa shape index (κ2) is 5.25.